The highest BCUT2D eigenvalue weighted by molar-refractivity contribution is 8.00. The van der Waals surface area contributed by atoms with E-state index in [1.165, 1.54) is 49.2 Å². The Morgan fingerprint density at radius 1 is 1.48 bits per heavy atom. The lowest BCUT2D eigenvalue weighted by Crippen LogP contribution is -2.34. The summed E-state index contributed by atoms with van der Waals surface area (Å²) in [5, 5.41) is 14.8. The SMILES string of the molecule is C[C@@H](Sc1cccc[n+]1[O-])C(=O)NCCC1=CCCCC1. The smallest absolute Gasteiger partial charge is 0.252 e. The van der Waals surface area contributed by atoms with Crippen LogP contribution in [-0.2, 0) is 4.79 Å². The maximum atomic E-state index is 12.0. The fraction of sp³-hybridized carbons (Fsp3) is 0.500. The molecule has 1 heterocycles. The number of aromatic nitrogens is 1. The van der Waals surface area contributed by atoms with Crippen molar-refractivity contribution >= 4 is 17.7 Å². The second-order valence-electron chi connectivity index (χ2n) is 5.27. The molecular weight excluding hydrogens is 284 g/mol. The van der Waals surface area contributed by atoms with Gasteiger partial charge in [-0.1, -0.05) is 11.6 Å². The number of hydrogen-bond acceptors (Lipinski definition) is 3. The molecule has 1 amide bonds. The summed E-state index contributed by atoms with van der Waals surface area (Å²) in [5.74, 6) is -0.0136. The Bertz CT molecular complexity index is 517. The van der Waals surface area contributed by atoms with Crippen LogP contribution in [0.5, 0.6) is 0 Å². The third-order valence-electron chi connectivity index (χ3n) is 3.59. The Morgan fingerprint density at radius 3 is 3.05 bits per heavy atom. The normalized spacial score (nSPS) is 16.1. The molecule has 5 heteroatoms. The van der Waals surface area contributed by atoms with Gasteiger partial charge in [-0.15, -0.1) is 0 Å². The van der Waals surface area contributed by atoms with E-state index >= 15 is 0 Å². The molecule has 1 N–H and O–H groups in total. The molecule has 2 rings (SSSR count). The molecule has 1 aromatic rings. The number of carbonyl (C=O) groups is 1. The van der Waals surface area contributed by atoms with Gasteiger partial charge >= 0.3 is 0 Å². The van der Waals surface area contributed by atoms with Crippen LogP contribution in [0.25, 0.3) is 0 Å². The lowest BCUT2D eigenvalue weighted by atomic mass is 9.97. The summed E-state index contributed by atoms with van der Waals surface area (Å²) in [6, 6.07) is 5.21. The van der Waals surface area contributed by atoms with Gasteiger partial charge < -0.3 is 10.5 Å². The number of allylic oxidation sites excluding steroid dienone is 1. The Hall–Kier alpha value is -1.49. The molecule has 0 fully saturated rings. The summed E-state index contributed by atoms with van der Waals surface area (Å²) in [7, 11) is 0. The number of rotatable bonds is 6. The standard InChI is InChI=1S/C16H22N2O2S/c1-13(21-15-9-5-6-12-18(15)20)16(19)17-11-10-14-7-3-2-4-8-14/h5-7,9,12-13H,2-4,8,10-11H2,1H3,(H,17,19)/t13-/m1/s1. The quantitative estimate of drug-likeness (QED) is 0.380. The van der Waals surface area contributed by atoms with Gasteiger partial charge in [-0.2, -0.15) is 4.73 Å². The van der Waals surface area contributed by atoms with Crippen molar-refractivity contribution in [1.29, 1.82) is 0 Å². The van der Waals surface area contributed by atoms with Crippen LogP contribution in [0.4, 0.5) is 0 Å². The van der Waals surface area contributed by atoms with Gasteiger partial charge in [-0.05, 0) is 56.9 Å². The second-order valence-corrected chi connectivity index (χ2v) is 6.64. The van der Waals surface area contributed by atoms with E-state index < -0.39 is 0 Å². The third kappa shape index (κ3) is 5.08. The average Bonchev–Trinajstić information content (AvgIpc) is 2.50. The van der Waals surface area contributed by atoms with E-state index in [0.717, 1.165) is 11.2 Å². The molecule has 1 aliphatic carbocycles. The van der Waals surface area contributed by atoms with Gasteiger partial charge in [0.15, 0.2) is 6.20 Å². The van der Waals surface area contributed by atoms with Crippen molar-refractivity contribution < 1.29 is 9.52 Å². The highest BCUT2D eigenvalue weighted by atomic mass is 32.2. The first-order valence-corrected chi connectivity index (χ1v) is 8.35. The molecule has 21 heavy (non-hydrogen) atoms. The minimum absolute atomic E-state index is 0.0136. The van der Waals surface area contributed by atoms with Crippen LogP contribution in [0.3, 0.4) is 0 Å². The maximum Gasteiger partial charge on any atom is 0.252 e. The molecule has 0 aliphatic heterocycles. The fourth-order valence-electron chi connectivity index (χ4n) is 2.36. The number of nitrogens with one attached hydrogen (secondary N) is 1. The van der Waals surface area contributed by atoms with E-state index in [1.807, 2.05) is 6.92 Å². The zero-order chi connectivity index (χ0) is 15.1. The van der Waals surface area contributed by atoms with Crippen molar-refractivity contribution in [2.24, 2.45) is 0 Å². The van der Waals surface area contributed by atoms with Crippen molar-refractivity contribution in [1.82, 2.24) is 5.32 Å². The van der Waals surface area contributed by atoms with Crippen LogP contribution >= 0.6 is 11.8 Å². The lowest BCUT2D eigenvalue weighted by Gasteiger charge is -2.14. The first-order chi connectivity index (χ1) is 10.2. The zero-order valence-corrected chi connectivity index (χ0v) is 13.2. The Kier molecular flexibility index (Phi) is 6.11. The van der Waals surface area contributed by atoms with Crippen molar-refractivity contribution in [3.8, 4) is 0 Å². The Morgan fingerprint density at radius 2 is 2.33 bits per heavy atom. The molecule has 0 saturated carbocycles. The summed E-state index contributed by atoms with van der Waals surface area (Å²) < 4.78 is 0.793. The van der Waals surface area contributed by atoms with Gasteiger partial charge in [-0.3, -0.25) is 4.79 Å². The fourth-order valence-corrected chi connectivity index (χ4v) is 3.23. The number of pyridine rings is 1. The Balaban J connectivity index is 1.75. The summed E-state index contributed by atoms with van der Waals surface area (Å²) in [4.78, 5) is 12.0. The van der Waals surface area contributed by atoms with E-state index in [9.17, 15) is 10.0 Å². The predicted molar refractivity (Wildman–Crippen MR) is 84.9 cm³/mol. The summed E-state index contributed by atoms with van der Waals surface area (Å²) in [6.45, 7) is 2.51. The number of nitrogens with zero attached hydrogens (tertiary/aromatic N) is 1. The predicted octanol–water partition coefficient (Wildman–Crippen LogP) is 2.81. The minimum atomic E-state index is -0.270. The number of thioether (sulfide) groups is 1. The monoisotopic (exact) mass is 306 g/mol. The lowest BCUT2D eigenvalue weighted by molar-refractivity contribution is -0.645. The molecule has 0 spiro atoms. The highest BCUT2D eigenvalue weighted by Gasteiger charge is 2.18. The van der Waals surface area contributed by atoms with E-state index in [1.54, 1.807) is 18.2 Å². The summed E-state index contributed by atoms with van der Waals surface area (Å²) in [6.07, 6.45) is 9.59. The number of amides is 1. The molecule has 0 radical (unpaired) electrons. The molecular formula is C16H22N2O2S. The van der Waals surface area contributed by atoms with Gasteiger partial charge in [-0.25, -0.2) is 0 Å². The van der Waals surface area contributed by atoms with Gasteiger partial charge in [0.05, 0.1) is 5.25 Å². The first-order valence-electron chi connectivity index (χ1n) is 7.47. The molecule has 0 saturated heterocycles. The molecule has 114 valence electrons. The van der Waals surface area contributed by atoms with Crippen LogP contribution in [0.2, 0.25) is 0 Å². The largest absolute Gasteiger partial charge is 0.618 e. The molecule has 1 aliphatic rings. The van der Waals surface area contributed by atoms with Crippen LogP contribution in [0.1, 0.15) is 39.0 Å². The summed E-state index contributed by atoms with van der Waals surface area (Å²) >= 11 is 1.29. The van der Waals surface area contributed by atoms with E-state index in [4.69, 9.17) is 0 Å². The molecule has 4 nitrogen and oxygen atoms in total. The van der Waals surface area contributed by atoms with Crippen molar-refractivity contribution in [2.75, 3.05) is 6.54 Å². The van der Waals surface area contributed by atoms with Crippen LogP contribution in [0, 0.1) is 5.21 Å². The van der Waals surface area contributed by atoms with Crippen LogP contribution < -0.4 is 10.0 Å². The Labute approximate surface area is 130 Å². The molecule has 1 aromatic heterocycles. The van der Waals surface area contributed by atoms with Gasteiger partial charge in [0.1, 0.15) is 0 Å². The van der Waals surface area contributed by atoms with E-state index in [0.29, 0.717) is 11.6 Å². The summed E-state index contributed by atoms with van der Waals surface area (Å²) in [5.41, 5.74) is 1.46. The van der Waals surface area contributed by atoms with Gasteiger partial charge in [0, 0.05) is 18.7 Å². The van der Waals surface area contributed by atoms with Crippen LogP contribution in [0.15, 0.2) is 41.1 Å². The van der Waals surface area contributed by atoms with Gasteiger partial charge in [0.25, 0.3) is 5.03 Å². The van der Waals surface area contributed by atoms with E-state index in [-0.39, 0.29) is 11.2 Å². The number of hydrogen-bond donors (Lipinski definition) is 1. The average molecular weight is 306 g/mol. The van der Waals surface area contributed by atoms with Crippen molar-refractivity contribution in [2.45, 2.75) is 49.3 Å². The second kappa shape index (κ2) is 8.08. The third-order valence-corrected chi connectivity index (χ3v) is 4.71. The van der Waals surface area contributed by atoms with E-state index in [2.05, 4.69) is 11.4 Å². The first kappa shape index (κ1) is 15.9. The highest BCUT2D eigenvalue weighted by Crippen LogP contribution is 2.21. The van der Waals surface area contributed by atoms with Crippen molar-refractivity contribution in [3.05, 3.63) is 41.3 Å². The molecule has 1 atom stereocenters. The van der Waals surface area contributed by atoms with Crippen LogP contribution in [-0.4, -0.2) is 17.7 Å². The molecule has 0 bridgehead atoms. The topological polar surface area (TPSA) is 56.0 Å². The molecule has 0 unspecified atom stereocenters. The minimum Gasteiger partial charge on any atom is -0.618 e. The molecule has 0 aromatic carbocycles. The maximum absolute atomic E-state index is 12.0. The van der Waals surface area contributed by atoms with Crippen molar-refractivity contribution in [3.63, 3.8) is 0 Å². The zero-order valence-electron chi connectivity index (χ0n) is 12.4. The van der Waals surface area contributed by atoms with Gasteiger partial charge in [0.2, 0.25) is 5.91 Å². The number of carbonyl (C=O) groups excluding carboxylic acids is 1.